The van der Waals surface area contributed by atoms with Crippen LogP contribution in [-0.2, 0) is 19.5 Å². The van der Waals surface area contributed by atoms with Crippen molar-refractivity contribution in [2.24, 2.45) is 0 Å². The molecule has 8 nitrogen and oxygen atoms in total. The van der Waals surface area contributed by atoms with Gasteiger partial charge in [0.1, 0.15) is 5.56 Å². The van der Waals surface area contributed by atoms with Gasteiger partial charge in [-0.3, -0.25) is 9.59 Å². The zero-order valence-electron chi connectivity index (χ0n) is 16.2. The van der Waals surface area contributed by atoms with Crippen molar-refractivity contribution in [1.82, 2.24) is 15.0 Å². The number of nitrogens with one attached hydrogen (secondary N) is 1. The van der Waals surface area contributed by atoms with Gasteiger partial charge < -0.3 is 23.9 Å². The number of aryl methyl sites for hydroxylation is 2. The van der Waals surface area contributed by atoms with Gasteiger partial charge in [-0.15, -0.1) is 0 Å². The Morgan fingerprint density at radius 1 is 1.21 bits per heavy atom. The molecule has 0 aliphatic carbocycles. The first kappa shape index (κ1) is 18.8. The second-order valence-electron chi connectivity index (χ2n) is 6.82. The van der Waals surface area contributed by atoms with E-state index in [1.165, 1.54) is 4.57 Å². The van der Waals surface area contributed by atoms with Crippen LogP contribution >= 0.6 is 0 Å². The van der Waals surface area contributed by atoms with Gasteiger partial charge in [-0.05, 0) is 42.7 Å². The molecule has 2 aromatic heterocycles. The summed E-state index contributed by atoms with van der Waals surface area (Å²) < 4.78 is 17.4. The van der Waals surface area contributed by atoms with Crippen molar-refractivity contribution in [2.45, 2.75) is 33.4 Å². The third-order valence-corrected chi connectivity index (χ3v) is 4.78. The molecule has 1 N–H and O–H groups in total. The van der Waals surface area contributed by atoms with Gasteiger partial charge in [-0.2, -0.15) is 0 Å². The Labute approximate surface area is 167 Å². The molecule has 0 bridgehead atoms. The molecule has 3 aromatic rings. The van der Waals surface area contributed by atoms with Crippen molar-refractivity contribution < 1.29 is 18.8 Å². The number of amides is 1. The normalized spacial score (nSPS) is 12.2. The summed E-state index contributed by atoms with van der Waals surface area (Å²) in [6.45, 7) is 4.39. The Morgan fingerprint density at radius 2 is 2.03 bits per heavy atom. The molecule has 3 heterocycles. The van der Waals surface area contributed by atoms with E-state index in [9.17, 15) is 9.59 Å². The zero-order valence-corrected chi connectivity index (χ0v) is 16.2. The predicted octanol–water partition coefficient (Wildman–Crippen LogP) is 2.41. The van der Waals surface area contributed by atoms with Crippen LogP contribution in [0, 0.1) is 6.92 Å². The number of carbonyl (C=O) groups excluding carboxylic acids is 1. The Morgan fingerprint density at radius 3 is 2.83 bits per heavy atom. The predicted molar refractivity (Wildman–Crippen MR) is 104 cm³/mol. The fraction of sp³-hybridized carbons (Fsp3) is 0.286. The van der Waals surface area contributed by atoms with E-state index in [1.807, 2.05) is 25.1 Å². The van der Waals surface area contributed by atoms with Crippen molar-refractivity contribution in [1.29, 1.82) is 0 Å². The number of hydrogen-bond acceptors (Lipinski definition) is 6. The van der Waals surface area contributed by atoms with Crippen molar-refractivity contribution >= 4 is 5.91 Å². The lowest BCUT2D eigenvalue weighted by Gasteiger charge is -2.11. The molecule has 150 valence electrons. The van der Waals surface area contributed by atoms with Crippen molar-refractivity contribution in [3.63, 3.8) is 0 Å². The van der Waals surface area contributed by atoms with Gasteiger partial charge in [0, 0.05) is 12.3 Å². The van der Waals surface area contributed by atoms with Crippen LogP contribution in [0.4, 0.5) is 0 Å². The van der Waals surface area contributed by atoms with Crippen LogP contribution in [0.1, 0.15) is 39.9 Å². The maximum absolute atomic E-state index is 12.9. The van der Waals surface area contributed by atoms with Gasteiger partial charge in [-0.25, -0.2) is 0 Å². The number of carbonyl (C=O) groups is 1. The summed E-state index contributed by atoms with van der Waals surface area (Å²) in [7, 11) is 0. The molecule has 0 fully saturated rings. The first-order valence-corrected chi connectivity index (χ1v) is 9.36. The first-order valence-electron chi connectivity index (χ1n) is 9.36. The maximum Gasteiger partial charge on any atom is 0.263 e. The summed E-state index contributed by atoms with van der Waals surface area (Å²) in [5, 5.41) is 6.63. The summed E-state index contributed by atoms with van der Waals surface area (Å²) in [4.78, 5) is 25.6. The Hall–Kier alpha value is -3.55. The first-order chi connectivity index (χ1) is 14.0. The number of aromatic nitrogens is 2. The van der Waals surface area contributed by atoms with Crippen LogP contribution in [0.3, 0.4) is 0 Å². The van der Waals surface area contributed by atoms with Crippen LogP contribution in [0.15, 0.2) is 45.8 Å². The summed E-state index contributed by atoms with van der Waals surface area (Å²) >= 11 is 0. The molecule has 1 aliphatic rings. The number of nitrogens with zero attached hydrogens (tertiary/aromatic N) is 2. The van der Waals surface area contributed by atoms with E-state index < -0.39 is 5.91 Å². The molecular formula is C21H21N3O5. The van der Waals surface area contributed by atoms with Gasteiger partial charge in [-0.1, -0.05) is 18.1 Å². The van der Waals surface area contributed by atoms with Crippen LogP contribution in [0.5, 0.6) is 11.5 Å². The highest BCUT2D eigenvalue weighted by atomic mass is 16.7. The lowest BCUT2D eigenvalue weighted by Crippen LogP contribution is -2.33. The minimum Gasteiger partial charge on any atom is -0.454 e. The number of ether oxygens (including phenoxy) is 2. The van der Waals surface area contributed by atoms with Gasteiger partial charge in [0.05, 0.1) is 18.8 Å². The SMILES string of the molecule is CCc1cc(CNC(=O)c2c(C)ccn(Cc3ccc4c(c3)OCO4)c2=O)on1. The standard InChI is InChI=1S/C21H21N3O5/c1-3-15-9-16(29-23-15)10-22-20(25)19-13(2)6-7-24(21(19)26)11-14-4-5-17-18(8-14)28-12-27-17/h4-9H,3,10-12H2,1-2H3,(H,22,25). The molecule has 0 atom stereocenters. The Balaban J connectivity index is 1.53. The fourth-order valence-electron chi connectivity index (χ4n) is 3.16. The van der Waals surface area contributed by atoms with E-state index in [1.54, 1.807) is 25.3 Å². The minimum atomic E-state index is -0.443. The van der Waals surface area contributed by atoms with Crippen LogP contribution in [0.25, 0.3) is 0 Å². The van der Waals surface area contributed by atoms with E-state index in [0.29, 0.717) is 29.4 Å². The highest BCUT2D eigenvalue weighted by Crippen LogP contribution is 2.32. The monoisotopic (exact) mass is 395 g/mol. The number of hydrogen-bond donors (Lipinski definition) is 1. The second-order valence-corrected chi connectivity index (χ2v) is 6.82. The topological polar surface area (TPSA) is 95.6 Å². The van der Waals surface area contributed by atoms with E-state index in [4.69, 9.17) is 14.0 Å². The van der Waals surface area contributed by atoms with Crippen LogP contribution < -0.4 is 20.3 Å². The molecule has 1 aliphatic heterocycles. The van der Waals surface area contributed by atoms with E-state index in [0.717, 1.165) is 17.7 Å². The van der Waals surface area contributed by atoms with E-state index in [-0.39, 0.29) is 24.5 Å². The molecule has 0 saturated carbocycles. The number of benzene rings is 1. The summed E-state index contributed by atoms with van der Waals surface area (Å²) in [5.74, 6) is 1.44. The highest BCUT2D eigenvalue weighted by Gasteiger charge is 2.18. The summed E-state index contributed by atoms with van der Waals surface area (Å²) in [5.41, 5.74) is 2.06. The lowest BCUT2D eigenvalue weighted by atomic mass is 10.1. The summed E-state index contributed by atoms with van der Waals surface area (Å²) in [6.07, 6.45) is 2.43. The molecule has 1 amide bonds. The average Bonchev–Trinajstić information content (AvgIpc) is 3.37. The van der Waals surface area contributed by atoms with Crippen molar-refractivity contribution in [3.05, 3.63) is 75.0 Å². The van der Waals surface area contributed by atoms with Crippen LogP contribution in [-0.4, -0.2) is 22.4 Å². The number of fused-ring (bicyclic) bond motifs is 1. The zero-order chi connectivity index (χ0) is 20.4. The largest absolute Gasteiger partial charge is 0.454 e. The summed E-state index contributed by atoms with van der Waals surface area (Å²) in [6, 6.07) is 9.06. The molecule has 0 spiro atoms. The second kappa shape index (κ2) is 7.83. The van der Waals surface area contributed by atoms with Gasteiger partial charge >= 0.3 is 0 Å². The number of rotatable bonds is 6. The van der Waals surface area contributed by atoms with Crippen molar-refractivity contribution in [3.8, 4) is 11.5 Å². The Bertz CT molecular complexity index is 1120. The quantitative estimate of drug-likeness (QED) is 0.689. The average molecular weight is 395 g/mol. The molecule has 4 rings (SSSR count). The van der Waals surface area contributed by atoms with Crippen molar-refractivity contribution in [2.75, 3.05) is 6.79 Å². The molecule has 0 unspecified atom stereocenters. The van der Waals surface area contributed by atoms with Gasteiger partial charge in [0.2, 0.25) is 6.79 Å². The van der Waals surface area contributed by atoms with Crippen LogP contribution in [0.2, 0.25) is 0 Å². The lowest BCUT2D eigenvalue weighted by molar-refractivity contribution is 0.0944. The highest BCUT2D eigenvalue weighted by molar-refractivity contribution is 5.95. The fourth-order valence-corrected chi connectivity index (χ4v) is 3.16. The number of pyridine rings is 1. The molecular weight excluding hydrogens is 374 g/mol. The minimum absolute atomic E-state index is 0.114. The maximum atomic E-state index is 12.9. The molecule has 29 heavy (non-hydrogen) atoms. The third kappa shape index (κ3) is 3.87. The smallest absolute Gasteiger partial charge is 0.263 e. The Kier molecular flexibility index (Phi) is 5.07. The van der Waals surface area contributed by atoms with E-state index in [2.05, 4.69) is 10.5 Å². The van der Waals surface area contributed by atoms with Gasteiger partial charge in [0.15, 0.2) is 17.3 Å². The van der Waals surface area contributed by atoms with E-state index >= 15 is 0 Å². The molecule has 8 heteroatoms. The van der Waals surface area contributed by atoms with Gasteiger partial charge in [0.25, 0.3) is 11.5 Å². The molecule has 1 aromatic carbocycles. The third-order valence-electron chi connectivity index (χ3n) is 4.78. The molecule has 0 saturated heterocycles. The molecule has 0 radical (unpaired) electrons.